The highest BCUT2D eigenvalue weighted by molar-refractivity contribution is 5.93. The Bertz CT molecular complexity index is 726. The van der Waals surface area contributed by atoms with E-state index in [4.69, 9.17) is 5.73 Å². The van der Waals surface area contributed by atoms with Crippen molar-refractivity contribution in [2.24, 2.45) is 11.1 Å². The number of carbonyl (C=O) groups excluding carboxylic acids is 2. The van der Waals surface area contributed by atoms with Crippen molar-refractivity contribution in [3.05, 3.63) is 42.2 Å². The number of hydrogen-bond acceptors (Lipinski definition) is 5. The van der Waals surface area contributed by atoms with Gasteiger partial charge in [-0.1, -0.05) is 51.1 Å². The van der Waals surface area contributed by atoms with Crippen LogP contribution in [0.4, 0.5) is 5.95 Å². The summed E-state index contributed by atoms with van der Waals surface area (Å²) in [5, 5.41) is 9.43. The summed E-state index contributed by atoms with van der Waals surface area (Å²) in [5.41, 5.74) is 6.53. The van der Waals surface area contributed by atoms with Crippen LogP contribution in [0.5, 0.6) is 0 Å². The van der Waals surface area contributed by atoms with Crippen molar-refractivity contribution in [3.8, 4) is 0 Å². The Morgan fingerprint density at radius 1 is 1.23 bits per heavy atom. The molecule has 8 nitrogen and oxygen atoms in total. The lowest BCUT2D eigenvalue weighted by Crippen LogP contribution is -2.45. The fraction of sp³-hybridized carbons (Fsp3) is 0.412. The van der Waals surface area contributed by atoms with Gasteiger partial charge in [0.1, 0.15) is 12.9 Å². The van der Waals surface area contributed by atoms with E-state index >= 15 is 0 Å². The molecule has 1 atom stereocenters. The highest BCUT2D eigenvalue weighted by Crippen LogP contribution is 2.18. The molecule has 0 saturated carbocycles. The molecule has 0 aliphatic rings. The highest BCUT2D eigenvalue weighted by atomic mass is 35.5. The lowest BCUT2D eigenvalue weighted by Gasteiger charge is -2.25. The third-order valence-corrected chi connectivity index (χ3v) is 3.63. The van der Waals surface area contributed by atoms with Gasteiger partial charge in [-0.3, -0.25) is 14.9 Å². The van der Waals surface area contributed by atoms with E-state index in [-0.39, 0.29) is 42.1 Å². The maximum atomic E-state index is 12.0. The van der Waals surface area contributed by atoms with Gasteiger partial charge in [0.05, 0.1) is 6.04 Å². The number of hydrogen-bond donors (Lipinski definition) is 3. The average molecular weight is 381 g/mol. The van der Waals surface area contributed by atoms with Crippen LogP contribution in [0.15, 0.2) is 36.7 Å². The SMILES string of the molecule is CC(C)(C)[C@H](N)C(=O)Nc1ncn(CC(=O)NCc2ccccc2)n1.Cl. The molecule has 0 spiro atoms. The Labute approximate surface area is 159 Å². The van der Waals surface area contributed by atoms with Crippen LogP contribution in [0.1, 0.15) is 26.3 Å². The molecule has 1 heterocycles. The van der Waals surface area contributed by atoms with E-state index in [0.717, 1.165) is 5.56 Å². The van der Waals surface area contributed by atoms with Gasteiger partial charge in [-0.25, -0.2) is 9.67 Å². The number of nitrogens with two attached hydrogens (primary N) is 1. The van der Waals surface area contributed by atoms with Crippen LogP contribution < -0.4 is 16.4 Å². The third kappa shape index (κ3) is 6.45. The van der Waals surface area contributed by atoms with Crippen molar-refractivity contribution >= 4 is 30.2 Å². The normalized spacial score (nSPS) is 12.0. The van der Waals surface area contributed by atoms with Crippen molar-refractivity contribution in [3.63, 3.8) is 0 Å². The van der Waals surface area contributed by atoms with E-state index < -0.39 is 6.04 Å². The highest BCUT2D eigenvalue weighted by Gasteiger charge is 2.28. The van der Waals surface area contributed by atoms with E-state index in [9.17, 15) is 9.59 Å². The second kappa shape index (κ2) is 9.30. The average Bonchev–Trinajstić information content (AvgIpc) is 2.99. The Balaban J connectivity index is 0.00000338. The van der Waals surface area contributed by atoms with Crippen LogP contribution in [0, 0.1) is 5.41 Å². The number of aromatic nitrogens is 3. The Hall–Kier alpha value is -2.45. The largest absolute Gasteiger partial charge is 0.350 e. The van der Waals surface area contributed by atoms with Gasteiger partial charge < -0.3 is 11.1 Å². The van der Waals surface area contributed by atoms with Crippen molar-refractivity contribution < 1.29 is 9.59 Å². The molecule has 26 heavy (non-hydrogen) atoms. The third-order valence-electron chi connectivity index (χ3n) is 3.63. The fourth-order valence-electron chi connectivity index (χ4n) is 2.01. The summed E-state index contributed by atoms with van der Waals surface area (Å²) in [7, 11) is 0. The second-order valence-electron chi connectivity index (χ2n) is 6.86. The van der Waals surface area contributed by atoms with Crippen molar-refractivity contribution in [2.45, 2.75) is 39.9 Å². The summed E-state index contributed by atoms with van der Waals surface area (Å²) in [6.45, 7) is 6.08. The van der Waals surface area contributed by atoms with Gasteiger partial charge >= 0.3 is 0 Å². The molecule has 0 radical (unpaired) electrons. The Morgan fingerprint density at radius 3 is 2.50 bits per heavy atom. The first-order valence-electron chi connectivity index (χ1n) is 8.02. The summed E-state index contributed by atoms with van der Waals surface area (Å²) in [6.07, 6.45) is 1.39. The monoisotopic (exact) mass is 380 g/mol. The lowest BCUT2D eigenvalue weighted by molar-refractivity contribution is -0.122. The summed E-state index contributed by atoms with van der Waals surface area (Å²) >= 11 is 0. The number of nitrogens with one attached hydrogen (secondary N) is 2. The molecule has 2 aromatic rings. The van der Waals surface area contributed by atoms with Gasteiger partial charge in [-0.15, -0.1) is 17.5 Å². The zero-order valence-corrected chi connectivity index (χ0v) is 15.9. The molecule has 4 N–H and O–H groups in total. The molecular weight excluding hydrogens is 356 g/mol. The van der Waals surface area contributed by atoms with Gasteiger partial charge in [0.25, 0.3) is 0 Å². The molecule has 1 aromatic heterocycles. The number of nitrogens with zero attached hydrogens (tertiary/aromatic N) is 3. The minimum Gasteiger partial charge on any atom is -0.350 e. The van der Waals surface area contributed by atoms with E-state index in [1.54, 1.807) is 0 Å². The van der Waals surface area contributed by atoms with E-state index in [1.165, 1.54) is 11.0 Å². The number of carbonyl (C=O) groups is 2. The van der Waals surface area contributed by atoms with Crippen LogP contribution in [0.3, 0.4) is 0 Å². The standard InChI is InChI=1S/C17H24N6O2.ClH/c1-17(2,3)14(18)15(25)21-16-20-11-23(22-16)10-13(24)19-9-12-7-5-4-6-8-12;/h4-8,11,14H,9-10,18H2,1-3H3,(H,19,24)(H,21,22,25);1H/t14-;/m1./s1. The zero-order chi connectivity index (χ0) is 18.4. The number of rotatable bonds is 6. The molecule has 0 bridgehead atoms. The van der Waals surface area contributed by atoms with Gasteiger partial charge in [0, 0.05) is 6.54 Å². The van der Waals surface area contributed by atoms with Crippen LogP contribution >= 0.6 is 12.4 Å². The maximum absolute atomic E-state index is 12.0. The summed E-state index contributed by atoms with van der Waals surface area (Å²) in [4.78, 5) is 28.0. The molecule has 0 fully saturated rings. The Kier molecular flexibility index (Phi) is 7.73. The van der Waals surface area contributed by atoms with Crippen molar-refractivity contribution in [2.75, 3.05) is 5.32 Å². The quantitative estimate of drug-likeness (QED) is 0.699. The number of benzene rings is 1. The lowest BCUT2D eigenvalue weighted by atomic mass is 9.87. The topological polar surface area (TPSA) is 115 Å². The Morgan fingerprint density at radius 2 is 1.88 bits per heavy atom. The summed E-state index contributed by atoms with van der Waals surface area (Å²) in [5.74, 6) is -0.433. The number of amides is 2. The summed E-state index contributed by atoms with van der Waals surface area (Å²) < 4.78 is 1.36. The first-order chi connectivity index (χ1) is 11.8. The van der Waals surface area contributed by atoms with Crippen LogP contribution in [-0.2, 0) is 22.7 Å². The second-order valence-corrected chi connectivity index (χ2v) is 6.86. The van der Waals surface area contributed by atoms with E-state index in [2.05, 4.69) is 20.7 Å². The zero-order valence-electron chi connectivity index (χ0n) is 15.1. The molecule has 0 unspecified atom stereocenters. The first kappa shape index (κ1) is 21.6. The van der Waals surface area contributed by atoms with Gasteiger partial charge in [0.2, 0.25) is 17.8 Å². The van der Waals surface area contributed by atoms with Gasteiger partial charge in [-0.2, -0.15) is 0 Å². The van der Waals surface area contributed by atoms with E-state index in [1.807, 2.05) is 51.1 Å². The predicted molar refractivity (Wildman–Crippen MR) is 102 cm³/mol. The predicted octanol–water partition coefficient (Wildman–Crippen LogP) is 1.33. The smallest absolute Gasteiger partial charge is 0.248 e. The molecule has 9 heteroatoms. The van der Waals surface area contributed by atoms with Gasteiger partial charge in [-0.05, 0) is 11.0 Å². The number of anilines is 1. The molecule has 0 saturated heterocycles. The van der Waals surface area contributed by atoms with E-state index in [0.29, 0.717) is 6.54 Å². The van der Waals surface area contributed by atoms with Crippen LogP contribution in [0.2, 0.25) is 0 Å². The van der Waals surface area contributed by atoms with Crippen molar-refractivity contribution in [1.82, 2.24) is 20.1 Å². The number of halogens is 1. The molecule has 2 rings (SSSR count). The molecule has 142 valence electrons. The molecule has 0 aliphatic carbocycles. The van der Waals surface area contributed by atoms with Crippen LogP contribution in [-0.4, -0.2) is 32.6 Å². The van der Waals surface area contributed by atoms with Crippen molar-refractivity contribution in [1.29, 1.82) is 0 Å². The van der Waals surface area contributed by atoms with Crippen LogP contribution in [0.25, 0.3) is 0 Å². The minimum atomic E-state index is -0.686. The molecular formula is C17H25ClN6O2. The summed E-state index contributed by atoms with van der Waals surface area (Å²) in [6, 6.07) is 8.92. The molecule has 2 amide bonds. The maximum Gasteiger partial charge on any atom is 0.248 e. The minimum absolute atomic E-state index is 0. The molecule has 1 aromatic carbocycles. The fourth-order valence-corrected chi connectivity index (χ4v) is 2.01. The van der Waals surface area contributed by atoms with Gasteiger partial charge in [0.15, 0.2) is 0 Å². The first-order valence-corrected chi connectivity index (χ1v) is 8.02. The molecule has 0 aliphatic heterocycles.